The Labute approximate surface area is 128 Å². The average Bonchev–Trinajstić information content (AvgIpc) is 3.05. The van der Waals surface area contributed by atoms with E-state index in [-0.39, 0.29) is 6.10 Å². The molecule has 1 aromatic heterocycles. The van der Waals surface area contributed by atoms with E-state index in [1.54, 1.807) is 0 Å². The van der Waals surface area contributed by atoms with Gasteiger partial charge in [-0.1, -0.05) is 11.6 Å². The average molecular weight is 291 g/mol. The maximum Gasteiger partial charge on any atom is 0.139 e. The van der Waals surface area contributed by atoms with Gasteiger partial charge in [-0.05, 0) is 47.0 Å². The van der Waals surface area contributed by atoms with Crippen LogP contribution in [0, 0.1) is 0 Å². The van der Waals surface area contributed by atoms with Crippen molar-refractivity contribution in [3.8, 4) is 0 Å². The zero-order valence-electron chi connectivity index (χ0n) is 13.8. The first-order valence-corrected chi connectivity index (χ1v) is 8.13. The van der Waals surface area contributed by atoms with Crippen molar-refractivity contribution in [2.75, 3.05) is 6.61 Å². The van der Waals surface area contributed by atoms with E-state index in [1.807, 2.05) is 12.4 Å². The number of allylic oxidation sites excluding steroid dienone is 2. The summed E-state index contributed by atoms with van der Waals surface area (Å²) >= 11 is 0. The minimum Gasteiger partial charge on any atom is -0.369 e. The molecule has 1 aromatic rings. The quantitative estimate of drug-likeness (QED) is 0.782. The van der Waals surface area contributed by atoms with Crippen molar-refractivity contribution in [1.82, 2.24) is 14.9 Å². The highest BCUT2D eigenvalue weighted by Gasteiger charge is 2.33. The molecule has 118 valence electrons. The Morgan fingerprint density at radius 2 is 2.38 bits per heavy atom. The van der Waals surface area contributed by atoms with E-state index < -0.39 is 0 Å². The lowest BCUT2D eigenvalue weighted by molar-refractivity contribution is 0.0867. The maximum absolute atomic E-state index is 5.94. The number of nitrogens with zero attached hydrogens (tertiary/aromatic N) is 2. The normalized spacial score (nSPS) is 23.2. The lowest BCUT2D eigenvalue weighted by Gasteiger charge is -2.24. The van der Waals surface area contributed by atoms with Crippen molar-refractivity contribution in [3.63, 3.8) is 0 Å². The van der Waals surface area contributed by atoms with Crippen LogP contribution in [0.5, 0.6) is 0 Å². The van der Waals surface area contributed by atoms with Crippen molar-refractivity contribution < 1.29 is 4.74 Å². The summed E-state index contributed by atoms with van der Waals surface area (Å²) < 4.78 is 8.12. The number of imidazole rings is 1. The smallest absolute Gasteiger partial charge is 0.139 e. The number of nitrogens with one attached hydrogen (secondary N) is 1. The number of aromatic nitrogens is 2. The van der Waals surface area contributed by atoms with Crippen LogP contribution < -0.4 is 5.32 Å². The first-order valence-electron chi connectivity index (χ1n) is 8.13. The third-order valence-electron chi connectivity index (χ3n) is 4.09. The molecular weight excluding hydrogens is 262 g/mol. The first kappa shape index (κ1) is 16.2. The molecule has 0 spiro atoms. The second-order valence-corrected chi connectivity index (χ2v) is 6.18. The maximum atomic E-state index is 5.94. The summed E-state index contributed by atoms with van der Waals surface area (Å²) in [6.45, 7) is 10.5. The molecule has 2 heterocycles. The molecular formula is C17H29N3O. The summed E-state index contributed by atoms with van der Waals surface area (Å²) in [6.07, 6.45) is 9.67. The van der Waals surface area contributed by atoms with Crippen molar-refractivity contribution >= 4 is 0 Å². The molecule has 1 fully saturated rings. The summed E-state index contributed by atoms with van der Waals surface area (Å²) in [5, 5.41) is 3.73. The molecule has 4 nitrogen and oxygen atoms in total. The van der Waals surface area contributed by atoms with E-state index in [9.17, 15) is 0 Å². The fourth-order valence-corrected chi connectivity index (χ4v) is 2.93. The molecule has 0 bridgehead atoms. The Kier molecular flexibility index (Phi) is 6.00. The highest BCUT2D eigenvalue weighted by atomic mass is 16.5. The summed E-state index contributed by atoms with van der Waals surface area (Å²) in [7, 11) is 0. The molecule has 4 heteroatoms. The summed E-state index contributed by atoms with van der Waals surface area (Å²) in [4.78, 5) is 4.50. The van der Waals surface area contributed by atoms with Gasteiger partial charge < -0.3 is 14.6 Å². The van der Waals surface area contributed by atoms with Gasteiger partial charge in [0.15, 0.2) is 0 Å². The Morgan fingerprint density at radius 3 is 3.10 bits per heavy atom. The van der Waals surface area contributed by atoms with Gasteiger partial charge >= 0.3 is 0 Å². The zero-order valence-corrected chi connectivity index (χ0v) is 13.8. The highest BCUT2D eigenvalue weighted by Crippen LogP contribution is 2.28. The van der Waals surface area contributed by atoms with Crippen LogP contribution in [0.4, 0.5) is 0 Å². The predicted molar refractivity (Wildman–Crippen MR) is 86.3 cm³/mol. The summed E-state index contributed by atoms with van der Waals surface area (Å²) in [5.74, 6) is 1.06. The Morgan fingerprint density at radius 1 is 1.57 bits per heavy atom. The van der Waals surface area contributed by atoms with E-state index in [1.165, 1.54) is 5.57 Å². The van der Waals surface area contributed by atoms with Crippen molar-refractivity contribution in [2.24, 2.45) is 0 Å². The molecule has 1 N–H and O–H groups in total. The third-order valence-corrected chi connectivity index (χ3v) is 4.09. The minimum atomic E-state index is 0.0888. The standard InChI is InChI=1S/C17H29N3O/c1-5-20-11-10-18-17(20)16-15(9-12-21-16)19-14(4)8-6-7-13(2)3/h7,10-11,14-16,19H,5-6,8-9,12H2,1-4H3/t14?,15-,16-/m0/s1. The molecule has 1 saturated heterocycles. The fourth-order valence-electron chi connectivity index (χ4n) is 2.93. The molecule has 0 radical (unpaired) electrons. The molecule has 0 amide bonds. The number of hydrogen-bond donors (Lipinski definition) is 1. The van der Waals surface area contributed by atoms with Crippen molar-refractivity contribution in [2.45, 2.75) is 71.7 Å². The predicted octanol–water partition coefficient (Wildman–Crippen LogP) is 3.46. The van der Waals surface area contributed by atoms with Gasteiger partial charge in [-0.15, -0.1) is 0 Å². The van der Waals surface area contributed by atoms with Gasteiger partial charge in [0.25, 0.3) is 0 Å². The molecule has 1 aliphatic heterocycles. The molecule has 0 aromatic carbocycles. The van der Waals surface area contributed by atoms with Crippen LogP contribution in [0.2, 0.25) is 0 Å². The fraction of sp³-hybridized carbons (Fsp3) is 0.706. The lowest BCUT2D eigenvalue weighted by Crippen LogP contribution is -2.39. The van der Waals surface area contributed by atoms with Gasteiger partial charge in [0.2, 0.25) is 0 Å². The Balaban J connectivity index is 1.91. The topological polar surface area (TPSA) is 39.1 Å². The van der Waals surface area contributed by atoms with Gasteiger partial charge in [0.05, 0.1) is 0 Å². The SMILES string of the molecule is CCn1ccnc1[C@H]1OCC[C@@H]1NC(C)CCC=C(C)C. The molecule has 1 unspecified atom stereocenters. The van der Waals surface area contributed by atoms with Gasteiger partial charge in [-0.2, -0.15) is 0 Å². The summed E-state index contributed by atoms with van der Waals surface area (Å²) in [6, 6.07) is 0.874. The first-order chi connectivity index (χ1) is 10.1. The molecule has 3 atom stereocenters. The van der Waals surface area contributed by atoms with Crippen LogP contribution in [0.1, 0.15) is 58.9 Å². The van der Waals surface area contributed by atoms with Crippen molar-refractivity contribution in [3.05, 3.63) is 29.9 Å². The molecule has 0 saturated carbocycles. The largest absolute Gasteiger partial charge is 0.369 e. The van der Waals surface area contributed by atoms with Crippen LogP contribution in [0.15, 0.2) is 24.0 Å². The van der Waals surface area contributed by atoms with Gasteiger partial charge in [-0.25, -0.2) is 4.98 Å². The zero-order chi connectivity index (χ0) is 15.2. The monoisotopic (exact) mass is 291 g/mol. The van der Waals surface area contributed by atoms with Gasteiger partial charge in [-0.3, -0.25) is 0 Å². The van der Waals surface area contributed by atoms with Crippen LogP contribution in [-0.2, 0) is 11.3 Å². The van der Waals surface area contributed by atoms with Crippen LogP contribution >= 0.6 is 0 Å². The molecule has 1 aliphatic rings. The molecule has 0 aliphatic carbocycles. The number of rotatable bonds is 7. The van der Waals surface area contributed by atoms with E-state index in [0.29, 0.717) is 12.1 Å². The Bertz CT molecular complexity index is 462. The highest BCUT2D eigenvalue weighted by molar-refractivity contribution is 5.04. The van der Waals surface area contributed by atoms with Gasteiger partial charge in [0.1, 0.15) is 11.9 Å². The molecule has 21 heavy (non-hydrogen) atoms. The number of hydrogen-bond acceptors (Lipinski definition) is 3. The van der Waals surface area contributed by atoms with Crippen LogP contribution in [-0.4, -0.2) is 28.2 Å². The number of ether oxygens (including phenoxy) is 1. The van der Waals surface area contributed by atoms with E-state index in [4.69, 9.17) is 4.74 Å². The van der Waals surface area contributed by atoms with Crippen molar-refractivity contribution in [1.29, 1.82) is 0 Å². The third kappa shape index (κ3) is 4.42. The lowest BCUT2D eigenvalue weighted by atomic mass is 10.1. The summed E-state index contributed by atoms with van der Waals surface area (Å²) in [5.41, 5.74) is 1.40. The van der Waals surface area contributed by atoms with E-state index in [2.05, 4.69) is 48.6 Å². The van der Waals surface area contributed by atoms with Crippen LogP contribution in [0.25, 0.3) is 0 Å². The van der Waals surface area contributed by atoms with E-state index in [0.717, 1.165) is 38.2 Å². The van der Waals surface area contributed by atoms with E-state index >= 15 is 0 Å². The number of aryl methyl sites for hydroxylation is 1. The van der Waals surface area contributed by atoms with Crippen LogP contribution in [0.3, 0.4) is 0 Å². The Hall–Kier alpha value is -1.13. The van der Waals surface area contributed by atoms with Gasteiger partial charge in [0, 0.05) is 37.6 Å². The molecule has 2 rings (SSSR count). The minimum absolute atomic E-state index is 0.0888. The second kappa shape index (κ2) is 7.76. The second-order valence-electron chi connectivity index (χ2n) is 6.18.